The maximum atomic E-state index is 13.0. The minimum Gasteiger partial charge on any atom is -0.394 e. The number of nitrogen functional groups attached to an aromatic ring is 1. The van der Waals surface area contributed by atoms with Gasteiger partial charge in [-0.2, -0.15) is 0 Å². The molecular formula is C17H17FN6O4. The summed E-state index contributed by atoms with van der Waals surface area (Å²) < 4.78 is 20.2. The standard InChI is InChI=1S/C17H17FN6O4/c18-9-3-1-8(2-4-9)16(27)23-11-10(5-25)28-17(13(11)26)24-7-22-12-14(19)20-6-21-15(12)24/h1-4,6-7,10-11,13,17,25-26H,5H2,(H,23,27)(H2,19,20,21)/t10-,11?,13+,17-/m1/s1. The highest BCUT2D eigenvalue weighted by Gasteiger charge is 2.45. The van der Waals surface area contributed by atoms with E-state index in [9.17, 15) is 19.4 Å². The van der Waals surface area contributed by atoms with Crippen molar-refractivity contribution in [3.05, 3.63) is 48.3 Å². The molecule has 0 saturated carbocycles. The third kappa shape index (κ3) is 3.05. The monoisotopic (exact) mass is 388 g/mol. The quantitative estimate of drug-likeness (QED) is 0.472. The summed E-state index contributed by atoms with van der Waals surface area (Å²) >= 11 is 0. The molecule has 0 aliphatic carbocycles. The fourth-order valence-electron chi connectivity index (χ4n) is 3.20. The number of nitrogens with one attached hydrogen (secondary N) is 1. The Morgan fingerprint density at radius 3 is 2.75 bits per heavy atom. The van der Waals surface area contributed by atoms with Crippen LogP contribution in [-0.2, 0) is 4.74 Å². The maximum absolute atomic E-state index is 13.0. The molecule has 1 fully saturated rings. The molecule has 146 valence electrons. The van der Waals surface area contributed by atoms with E-state index < -0.39 is 42.8 Å². The first kappa shape index (κ1) is 18.2. The number of aromatic nitrogens is 4. The number of halogens is 1. The van der Waals surface area contributed by atoms with Crippen molar-refractivity contribution in [3.8, 4) is 0 Å². The first-order valence-electron chi connectivity index (χ1n) is 8.43. The Morgan fingerprint density at radius 1 is 1.29 bits per heavy atom. The third-order valence-electron chi connectivity index (χ3n) is 4.62. The molecule has 1 amide bonds. The van der Waals surface area contributed by atoms with Gasteiger partial charge >= 0.3 is 0 Å². The normalized spacial score (nSPS) is 24.5. The highest BCUT2D eigenvalue weighted by Crippen LogP contribution is 2.32. The van der Waals surface area contributed by atoms with Gasteiger partial charge in [-0.3, -0.25) is 9.36 Å². The van der Waals surface area contributed by atoms with E-state index in [0.29, 0.717) is 11.2 Å². The van der Waals surface area contributed by atoms with Gasteiger partial charge in [-0.15, -0.1) is 0 Å². The van der Waals surface area contributed by atoms with E-state index in [2.05, 4.69) is 20.3 Å². The molecule has 11 heteroatoms. The van der Waals surface area contributed by atoms with Crippen LogP contribution in [0.3, 0.4) is 0 Å². The number of aliphatic hydroxyl groups is 2. The number of ether oxygens (including phenoxy) is 1. The highest BCUT2D eigenvalue weighted by molar-refractivity contribution is 5.94. The van der Waals surface area contributed by atoms with Gasteiger partial charge in [0.2, 0.25) is 0 Å². The van der Waals surface area contributed by atoms with Crippen molar-refractivity contribution in [2.24, 2.45) is 0 Å². The molecule has 1 aliphatic rings. The van der Waals surface area contributed by atoms with Crippen LogP contribution in [0.2, 0.25) is 0 Å². The number of carbonyl (C=O) groups excluding carboxylic acids is 1. The summed E-state index contributed by atoms with van der Waals surface area (Å²) in [6.07, 6.45) is -0.400. The molecule has 1 aromatic carbocycles. The van der Waals surface area contributed by atoms with Crippen LogP contribution in [0, 0.1) is 5.82 Å². The fraction of sp³-hybridized carbons (Fsp3) is 0.294. The van der Waals surface area contributed by atoms with Gasteiger partial charge in [0.15, 0.2) is 17.7 Å². The lowest BCUT2D eigenvalue weighted by atomic mass is 10.1. The molecule has 1 aliphatic heterocycles. The Kier molecular flexibility index (Phi) is 4.63. The number of aliphatic hydroxyl groups excluding tert-OH is 2. The van der Waals surface area contributed by atoms with E-state index in [-0.39, 0.29) is 11.4 Å². The van der Waals surface area contributed by atoms with Crippen LogP contribution < -0.4 is 11.1 Å². The number of hydrogen-bond donors (Lipinski definition) is 4. The summed E-state index contributed by atoms with van der Waals surface area (Å²) in [6, 6.07) is 4.04. The van der Waals surface area contributed by atoms with Gasteiger partial charge in [0.1, 0.15) is 29.9 Å². The maximum Gasteiger partial charge on any atom is 0.251 e. The lowest BCUT2D eigenvalue weighted by molar-refractivity contribution is -0.0489. The number of anilines is 1. The Labute approximate surface area is 157 Å². The molecule has 28 heavy (non-hydrogen) atoms. The van der Waals surface area contributed by atoms with Crippen LogP contribution >= 0.6 is 0 Å². The lowest BCUT2D eigenvalue weighted by Crippen LogP contribution is -2.48. The van der Waals surface area contributed by atoms with E-state index in [1.165, 1.54) is 29.4 Å². The average molecular weight is 388 g/mol. The van der Waals surface area contributed by atoms with Gasteiger partial charge in [0, 0.05) is 5.56 Å². The molecule has 1 unspecified atom stereocenters. The van der Waals surface area contributed by atoms with Crippen molar-refractivity contribution in [1.29, 1.82) is 0 Å². The minimum absolute atomic E-state index is 0.177. The Balaban J connectivity index is 1.60. The van der Waals surface area contributed by atoms with E-state index in [4.69, 9.17) is 10.5 Å². The van der Waals surface area contributed by atoms with Gasteiger partial charge in [-0.1, -0.05) is 0 Å². The average Bonchev–Trinajstić information content (AvgIpc) is 3.25. The number of nitrogens with two attached hydrogens (primary N) is 1. The third-order valence-corrected chi connectivity index (χ3v) is 4.62. The Bertz CT molecular complexity index is 1010. The van der Waals surface area contributed by atoms with Crippen molar-refractivity contribution in [1.82, 2.24) is 24.8 Å². The predicted molar refractivity (Wildman–Crippen MR) is 94.4 cm³/mol. The molecule has 0 bridgehead atoms. The number of amides is 1. The summed E-state index contributed by atoms with van der Waals surface area (Å²) in [5.41, 5.74) is 6.67. The van der Waals surface area contributed by atoms with Crippen molar-refractivity contribution in [2.75, 3.05) is 12.3 Å². The molecule has 10 nitrogen and oxygen atoms in total. The molecular weight excluding hydrogens is 371 g/mol. The highest BCUT2D eigenvalue weighted by atomic mass is 19.1. The summed E-state index contributed by atoms with van der Waals surface area (Å²) in [4.78, 5) is 24.5. The van der Waals surface area contributed by atoms with Crippen molar-refractivity contribution in [3.63, 3.8) is 0 Å². The molecule has 4 atom stereocenters. The molecule has 4 rings (SSSR count). The number of hydrogen-bond acceptors (Lipinski definition) is 8. The van der Waals surface area contributed by atoms with Crippen LogP contribution in [0.1, 0.15) is 16.6 Å². The summed E-state index contributed by atoms with van der Waals surface area (Å²) in [6.45, 7) is -0.439. The smallest absolute Gasteiger partial charge is 0.251 e. The number of nitrogens with zero attached hydrogens (tertiary/aromatic N) is 4. The number of imidazole rings is 1. The number of benzene rings is 1. The zero-order valence-corrected chi connectivity index (χ0v) is 14.4. The SMILES string of the molecule is Nc1ncnc2c1ncn2[C@@H]1O[C@H](CO)C(NC(=O)c2ccc(F)cc2)[C@@H]1O. The van der Waals surface area contributed by atoms with E-state index in [1.54, 1.807) is 0 Å². The zero-order valence-electron chi connectivity index (χ0n) is 14.4. The van der Waals surface area contributed by atoms with Crippen LogP contribution in [0.5, 0.6) is 0 Å². The number of rotatable bonds is 4. The number of fused-ring (bicyclic) bond motifs is 1. The van der Waals surface area contributed by atoms with Crippen molar-refractivity contribution in [2.45, 2.75) is 24.5 Å². The largest absolute Gasteiger partial charge is 0.394 e. The van der Waals surface area contributed by atoms with E-state index in [1.807, 2.05) is 0 Å². The second-order valence-electron chi connectivity index (χ2n) is 6.33. The van der Waals surface area contributed by atoms with Crippen molar-refractivity contribution < 1.29 is 24.1 Å². The first-order valence-corrected chi connectivity index (χ1v) is 8.43. The summed E-state index contributed by atoms with van der Waals surface area (Å²) in [5, 5.41) is 23.0. The molecule has 5 N–H and O–H groups in total. The zero-order chi connectivity index (χ0) is 19.8. The Morgan fingerprint density at radius 2 is 2.04 bits per heavy atom. The molecule has 3 heterocycles. The number of carbonyl (C=O) groups is 1. The van der Waals surface area contributed by atoms with Crippen LogP contribution in [-0.4, -0.2) is 60.5 Å². The van der Waals surface area contributed by atoms with Gasteiger partial charge in [0.25, 0.3) is 5.91 Å². The van der Waals surface area contributed by atoms with E-state index in [0.717, 1.165) is 12.1 Å². The second kappa shape index (κ2) is 7.11. The first-order chi connectivity index (χ1) is 13.5. The fourth-order valence-corrected chi connectivity index (χ4v) is 3.20. The summed E-state index contributed by atoms with van der Waals surface area (Å²) in [5.74, 6) is -0.827. The van der Waals surface area contributed by atoms with Gasteiger partial charge < -0.3 is 26.0 Å². The molecule has 3 aromatic rings. The Hall–Kier alpha value is -3.15. The topological polar surface area (TPSA) is 148 Å². The second-order valence-corrected chi connectivity index (χ2v) is 6.33. The van der Waals surface area contributed by atoms with Crippen molar-refractivity contribution >= 4 is 22.9 Å². The molecule has 1 saturated heterocycles. The molecule has 0 radical (unpaired) electrons. The van der Waals surface area contributed by atoms with Crippen LogP contribution in [0.25, 0.3) is 11.2 Å². The van der Waals surface area contributed by atoms with Gasteiger partial charge in [-0.05, 0) is 24.3 Å². The molecule has 0 spiro atoms. The predicted octanol–water partition coefficient (Wildman–Crippen LogP) is -0.403. The molecule has 2 aromatic heterocycles. The minimum atomic E-state index is -1.21. The lowest BCUT2D eigenvalue weighted by Gasteiger charge is -2.21. The van der Waals surface area contributed by atoms with Gasteiger partial charge in [0.05, 0.1) is 19.0 Å². The van der Waals surface area contributed by atoms with Crippen LogP contribution in [0.15, 0.2) is 36.9 Å². The summed E-state index contributed by atoms with van der Waals surface area (Å²) in [7, 11) is 0. The van der Waals surface area contributed by atoms with E-state index >= 15 is 0 Å². The van der Waals surface area contributed by atoms with Gasteiger partial charge in [-0.25, -0.2) is 19.3 Å². The van der Waals surface area contributed by atoms with Crippen LogP contribution in [0.4, 0.5) is 10.2 Å².